The van der Waals surface area contributed by atoms with E-state index in [0.717, 1.165) is 12.3 Å². The number of hydrogen-bond donors (Lipinski definition) is 1. The largest absolute Gasteiger partial charge is 0.478 e. The molecule has 1 heterocycles. The number of furan rings is 1. The predicted molar refractivity (Wildman–Crippen MR) is 73.0 cm³/mol. The Hall–Kier alpha value is -1.50. The lowest BCUT2D eigenvalue weighted by Crippen LogP contribution is -2.06. The molecule has 2 aromatic rings. The van der Waals surface area contributed by atoms with Crippen LogP contribution < -0.4 is 0 Å². The summed E-state index contributed by atoms with van der Waals surface area (Å²) in [5.74, 6) is -1.73. The summed E-state index contributed by atoms with van der Waals surface area (Å²) in [6.07, 6.45) is 0.974. The van der Waals surface area contributed by atoms with Gasteiger partial charge in [0.25, 0.3) is 0 Å². The van der Waals surface area contributed by atoms with Crippen molar-refractivity contribution >= 4 is 39.0 Å². The molecule has 1 aromatic heterocycles. The molecule has 8 heteroatoms. The van der Waals surface area contributed by atoms with Crippen LogP contribution in [-0.2, 0) is 15.6 Å². The SMILES string of the molecule is O=C(O)c1coc(CS(=O)(=O)c2c(Cl)cccc2Cl)c1. The second kappa shape index (κ2) is 5.47. The van der Waals surface area contributed by atoms with E-state index in [9.17, 15) is 13.2 Å². The molecular weight excluding hydrogens is 327 g/mol. The van der Waals surface area contributed by atoms with Crippen LogP contribution in [0, 0.1) is 0 Å². The highest BCUT2D eigenvalue weighted by atomic mass is 35.5. The van der Waals surface area contributed by atoms with Crippen LogP contribution in [0.4, 0.5) is 0 Å². The molecule has 0 amide bonds. The fourth-order valence-corrected chi connectivity index (χ4v) is 4.11. The van der Waals surface area contributed by atoms with E-state index in [-0.39, 0.29) is 26.3 Å². The Labute approximate surface area is 124 Å². The van der Waals surface area contributed by atoms with Gasteiger partial charge in [-0.25, -0.2) is 13.2 Å². The van der Waals surface area contributed by atoms with Gasteiger partial charge in [-0.2, -0.15) is 0 Å². The van der Waals surface area contributed by atoms with Crippen LogP contribution in [0.25, 0.3) is 0 Å². The first-order valence-corrected chi connectivity index (χ1v) is 7.69. The van der Waals surface area contributed by atoms with Crippen LogP contribution in [0.3, 0.4) is 0 Å². The third-order valence-corrected chi connectivity index (χ3v) is 5.04. The highest BCUT2D eigenvalue weighted by Crippen LogP contribution is 2.31. The van der Waals surface area contributed by atoms with Crippen molar-refractivity contribution < 1.29 is 22.7 Å². The smallest absolute Gasteiger partial charge is 0.338 e. The molecule has 5 nitrogen and oxygen atoms in total. The molecule has 0 unspecified atom stereocenters. The number of benzene rings is 1. The van der Waals surface area contributed by atoms with Crippen LogP contribution in [0.1, 0.15) is 16.1 Å². The molecule has 1 N–H and O–H groups in total. The van der Waals surface area contributed by atoms with Crippen LogP contribution >= 0.6 is 23.2 Å². The van der Waals surface area contributed by atoms with E-state index >= 15 is 0 Å². The highest BCUT2D eigenvalue weighted by Gasteiger charge is 2.24. The molecular formula is C12H8Cl2O5S. The van der Waals surface area contributed by atoms with Gasteiger partial charge in [0.05, 0.1) is 15.6 Å². The standard InChI is InChI=1S/C12H8Cl2O5S/c13-9-2-1-3-10(14)11(9)20(17,18)6-8-4-7(5-19-8)12(15)16/h1-5H,6H2,(H,15,16). The fourth-order valence-electron chi connectivity index (χ4n) is 1.61. The third kappa shape index (κ3) is 2.98. The summed E-state index contributed by atoms with van der Waals surface area (Å²) in [5, 5.41) is 8.75. The molecule has 0 aliphatic heterocycles. The van der Waals surface area contributed by atoms with E-state index in [1.165, 1.54) is 18.2 Å². The van der Waals surface area contributed by atoms with Gasteiger partial charge in [-0.3, -0.25) is 0 Å². The summed E-state index contributed by atoms with van der Waals surface area (Å²) < 4.78 is 29.4. The molecule has 0 spiro atoms. The molecule has 0 bridgehead atoms. The molecule has 1 aromatic carbocycles. The maximum absolute atomic E-state index is 12.2. The third-order valence-electron chi connectivity index (χ3n) is 2.46. The Morgan fingerprint density at radius 3 is 2.35 bits per heavy atom. The number of halogens is 2. The van der Waals surface area contributed by atoms with E-state index in [2.05, 4.69) is 0 Å². The molecule has 106 valence electrons. The Balaban J connectivity index is 2.38. The minimum Gasteiger partial charge on any atom is -0.478 e. The number of carboxylic acids is 1. The maximum atomic E-state index is 12.2. The average molecular weight is 335 g/mol. The fraction of sp³-hybridized carbons (Fsp3) is 0.0833. The quantitative estimate of drug-likeness (QED) is 0.927. The lowest BCUT2D eigenvalue weighted by Gasteiger charge is -2.06. The van der Waals surface area contributed by atoms with Crippen molar-refractivity contribution in [1.29, 1.82) is 0 Å². The highest BCUT2D eigenvalue weighted by molar-refractivity contribution is 7.90. The van der Waals surface area contributed by atoms with E-state index in [1.807, 2.05) is 0 Å². The van der Waals surface area contributed by atoms with Crippen molar-refractivity contribution in [2.45, 2.75) is 10.6 Å². The first-order valence-electron chi connectivity index (χ1n) is 5.29. The van der Waals surface area contributed by atoms with E-state index in [0.29, 0.717) is 0 Å². The molecule has 0 saturated heterocycles. The molecule has 0 atom stereocenters. The van der Waals surface area contributed by atoms with Gasteiger partial charge >= 0.3 is 5.97 Å². The van der Waals surface area contributed by atoms with Crippen molar-refractivity contribution in [3.05, 3.63) is 51.9 Å². The summed E-state index contributed by atoms with van der Waals surface area (Å²) in [5.41, 5.74) is -0.125. The zero-order valence-corrected chi connectivity index (χ0v) is 12.2. The summed E-state index contributed by atoms with van der Waals surface area (Å²) >= 11 is 11.7. The van der Waals surface area contributed by atoms with E-state index < -0.39 is 21.6 Å². The lowest BCUT2D eigenvalue weighted by atomic mass is 10.3. The summed E-state index contributed by atoms with van der Waals surface area (Å²) in [7, 11) is -3.84. The minimum atomic E-state index is -3.84. The predicted octanol–water partition coefficient (Wildman–Crippen LogP) is 3.26. The Morgan fingerprint density at radius 2 is 1.85 bits per heavy atom. The second-order valence-electron chi connectivity index (χ2n) is 3.92. The number of sulfone groups is 1. The normalized spacial score (nSPS) is 11.5. The Morgan fingerprint density at radius 1 is 1.25 bits per heavy atom. The number of aromatic carboxylic acids is 1. The lowest BCUT2D eigenvalue weighted by molar-refractivity contribution is 0.0696. The Bertz CT molecular complexity index is 744. The van der Waals surface area contributed by atoms with Gasteiger partial charge in [0.1, 0.15) is 22.7 Å². The molecule has 0 aliphatic rings. The van der Waals surface area contributed by atoms with Gasteiger partial charge in [-0.15, -0.1) is 0 Å². The van der Waals surface area contributed by atoms with Crippen LogP contribution in [0.15, 0.2) is 39.8 Å². The van der Waals surface area contributed by atoms with Crippen molar-refractivity contribution in [3.8, 4) is 0 Å². The number of carbonyl (C=O) groups is 1. The first-order chi connectivity index (χ1) is 9.31. The first kappa shape index (κ1) is 14.9. The van der Waals surface area contributed by atoms with Crippen molar-refractivity contribution in [2.75, 3.05) is 0 Å². The molecule has 0 aliphatic carbocycles. The summed E-state index contributed by atoms with van der Waals surface area (Å²) in [6, 6.07) is 5.49. The van der Waals surface area contributed by atoms with Crippen LogP contribution in [0.2, 0.25) is 10.0 Å². The zero-order chi connectivity index (χ0) is 14.9. The number of hydrogen-bond acceptors (Lipinski definition) is 4. The maximum Gasteiger partial charge on any atom is 0.338 e. The van der Waals surface area contributed by atoms with Crippen molar-refractivity contribution in [1.82, 2.24) is 0 Å². The summed E-state index contributed by atoms with van der Waals surface area (Å²) in [6.45, 7) is 0. The minimum absolute atomic E-state index is 0.00149. The van der Waals surface area contributed by atoms with Gasteiger partial charge in [0.15, 0.2) is 9.84 Å². The van der Waals surface area contributed by atoms with E-state index in [4.69, 9.17) is 32.7 Å². The van der Waals surface area contributed by atoms with Crippen molar-refractivity contribution in [3.63, 3.8) is 0 Å². The van der Waals surface area contributed by atoms with Gasteiger partial charge in [0.2, 0.25) is 0 Å². The monoisotopic (exact) mass is 334 g/mol. The molecule has 0 fully saturated rings. The molecule has 20 heavy (non-hydrogen) atoms. The summed E-state index contributed by atoms with van der Waals surface area (Å²) in [4.78, 5) is 10.5. The van der Waals surface area contributed by atoms with Gasteiger partial charge < -0.3 is 9.52 Å². The molecule has 2 rings (SSSR count). The van der Waals surface area contributed by atoms with Crippen LogP contribution in [0.5, 0.6) is 0 Å². The topological polar surface area (TPSA) is 84.6 Å². The van der Waals surface area contributed by atoms with E-state index in [1.54, 1.807) is 0 Å². The van der Waals surface area contributed by atoms with Gasteiger partial charge in [-0.1, -0.05) is 29.3 Å². The van der Waals surface area contributed by atoms with Crippen LogP contribution in [-0.4, -0.2) is 19.5 Å². The average Bonchev–Trinajstić information content (AvgIpc) is 2.76. The number of carboxylic acid groups (broad SMARTS) is 1. The second-order valence-corrected chi connectivity index (χ2v) is 6.66. The molecule has 0 saturated carbocycles. The number of rotatable bonds is 4. The van der Waals surface area contributed by atoms with Crippen molar-refractivity contribution in [2.24, 2.45) is 0 Å². The van der Waals surface area contributed by atoms with Gasteiger partial charge in [0, 0.05) is 0 Å². The Kier molecular flexibility index (Phi) is 4.08. The van der Waals surface area contributed by atoms with Gasteiger partial charge in [-0.05, 0) is 18.2 Å². The molecule has 0 radical (unpaired) electrons. The zero-order valence-electron chi connectivity index (χ0n) is 9.84.